The molecule has 11 aromatic rings. The van der Waals surface area contributed by atoms with Gasteiger partial charge in [-0.15, -0.1) is 0 Å². The minimum atomic E-state index is -0.249. The summed E-state index contributed by atoms with van der Waals surface area (Å²) in [6.07, 6.45) is 0. The van der Waals surface area contributed by atoms with Gasteiger partial charge in [0.05, 0.1) is 11.4 Å². The summed E-state index contributed by atoms with van der Waals surface area (Å²) in [5, 5.41) is 4.15. The molecule has 10 aromatic carbocycles. The van der Waals surface area contributed by atoms with Crippen LogP contribution in [0.5, 0.6) is 0 Å². The van der Waals surface area contributed by atoms with E-state index in [-0.39, 0.29) is 5.82 Å². The van der Waals surface area contributed by atoms with E-state index in [1.807, 2.05) is 36.4 Å². The van der Waals surface area contributed by atoms with E-state index in [0.717, 1.165) is 83.2 Å². The van der Waals surface area contributed by atoms with Crippen LogP contribution in [0.4, 0.5) is 21.5 Å². The van der Waals surface area contributed by atoms with Gasteiger partial charge in [-0.25, -0.2) is 4.39 Å². The van der Waals surface area contributed by atoms with Gasteiger partial charge < -0.3 is 9.32 Å². The van der Waals surface area contributed by atoms with Gasteiger partial charge in [0.2, 0.25) is 0 Å². The lowest BCUT2D eigenvalue weighted by atomic mass is 9.90. The van der Waals surface area contributed by atoms with E-state index in [0.29, 0.717) is 5.56 Å². The highest BCUT2D eigenvalue weighted by atomic mass is 19.1. The molecule has 0 aliphatic carbocycles. The molecule has 0 bridgehead atoms. The van der Waals surface area contributed by atoms with E-state index in [4.69, 9.17) is 4.42 Å². The van der Waals surface area contributed by atoms with Crippen molar-refractivity contribution in [2.45, 2.75) is 0 Å². The smallest absolute Gasteiger partial charge is 0.159 e. The summed E-state index contributed by atoms with van der Waals surface area (Å²) in [5.74, 6) is -0.249. The molecule has 0 saturated heterocycles. The van der Waals surface area contributed by atoms with Crippen molar-refractivity contribution in [1.82, 2.24) is 0 Å². The van der Waals surface area contributed by atoms with Crippen molar-refractivity contribution in [3.63, 3.8) is 0 Å². The van der Waals surface area contributed by atoms with Gasteiger partial charge in [-0.3, -0.25) is 0 Å². The van der Waals surface area contributed by atoms with Gasteiger partial charge in [-0.05, 0) is 97.7 Å². The Labute approximate surface area is 354 Å². The van der Waals surface area contributed by atoms with Crippen LogP contribution in [-0.2, 0) is 0 Å². The molecule has 1 aromatic heterocycles. The van der Waals surface area contributed by atoms with E-state index in [1.165, 1.54) is 22.8 Å². The summed E-state index contributed by atoms with van der Waals surface area (Å²) >= 11 is 0. The third-order valence-corrected chi connectivity index (χ3v) is 11.8. The average molecular weight is 784 g/mol. The molecule has 0 atom stereocenters. The Morgan fingerprint density at radius 3 is 1.67 bits per heavy atom. The van der Waals surface area contributed by atoms with E-state index in [1.54, 1.807) is 6.07 Å². The fourth-order valence-electron chi connectivity index (χ4n) is 8.93. The molecule has 0 amide bonds. The Bertz CT molecular complexity index is 3360. The first-order valence-electron chi connectivity index (χ1n) is 20.6. The zero-order valence-electron chi connectivity index (χ0n) is 33.2. The molecule has 288 valence electrons. The average Bonchev–Trinajstić information content (AvgIpc) is 3.72. The van der Waals surface area contributed by atoms with Crippen LogP contribution in [0.2, 0.25) is 0 Å². The molecule has 2 nitrogen and oxygen atoms in total. The van der Waals surface area contributed by atoms with Crippen LogP contribution in [0.3, 0.4) is 0 Å². The molecule has 11 rings (SSSR count). The van der Waals surface area contributed by atoms with Crippen molar-refractivity contribution in [2.24, 2.45) is 0 Å². The van der Waals surface area contributed by atoms with Crippen LogP contribution >= 0.6 is 0 Å². The highest BCUT2D eigenvalue weighted by Gasteiger charge is 2.24. The fraction of sp³-hybridized carbons (Fsp3) is 0. The van der Waals surface area contributed by atoms with Crippen LogP contribution in [-0.4, -0.2) is 0 Å². The second kappa shape index (κ2) is 15.3. The van der Waals surface area contributed by atoms with E-state index in [9.17, 15) is 0 Å². The molecule has 0 fully saturated rings. The summed E-state index contributed by atoms with van der Waals surface area (Å²) in [4.78, 5) is 2.31. The van der Waals surface area contributed by atoms with Crippen LogP contribution in [0.1, 0.15) is 0 Å². The van der Waals surface area contributed by atoms with Crippen molar-refractivity contribution < 1.29 is 8.81 Å². The fourth-order valence-corrected chi connectivity index (χ4v) is 8.93. The third-order valence-electron chi connectivity index (χ3n) is 11.8. The monoisotopic (exact) mass is 783 g/mol. The summed E-state index contributed by atoms with van der Waals surface area (Å²) in [7, 11) is 0. The first kappa shape index (κ1) is 36.1. The van der Waals surface area contributed by atoms with E-state index < -0.39 is 0 Å². The molecule has 1 heterocycles. The summed E-state index contributed by atoms with van der Waals surface area (Å²) < 4.78 is 22.3. The second-order valence-electron chi connectivity index (χ2n) is 15.3. The molecule has 0 aliphatic heterocycles. The molecule has 0 saturated carbocycles. The van der Waals surface area contributed by atoms with Gasteiger partial charge in [0.25, 0.3) is 0 Å². The van der Waals surface area contributed by atoms with E-state index >= 15 is 4.39 Å². The lowest BCUT2D eigenvalue weighted by Crippen LogP contribution is -2.11. The van der Waals surface area contributed by atoms with Crippen LogP contribution in [0.25, 0.3) is 88.3 Å². The lowest BCUT2D eigenvalue weighted by Gasteiger charge is -2.28. The molecular weight excluding hydrogens is 746 g/mol. The summed E-state index contributed by atoms with van der Waals surface area (Å²) in [6.45, 7) is 0. The van der Waals surface area contributed by atoms with Crippen LogP contribution in [0.15, 0.2) is 235 Å². The number of furan rings is 1. The SMILES string of the molecule is Fc1ccccc1-c1cccc2cccc(-c3ccccc3N(c3ccc(-c4ccc(-c5ccccc5)cc4-c4ccccc4)cc3)c3cccc4c3oc3ccccc34)c12. The molecule has 0 aliphatic rings. The Kier molecular flexibility index (Phi) is 9.05. The Hall–Kier alpha value is -8.01. The van der Waals surface area contributed by atoms with Gasteiger partial charge in [0.15, 0.2) is 5.58 Å². The largest absolute Gasteiger partial charge is 0.454 e. The predicted octanol–water partition coefficient (Wildman–Crippen LogP) is 16.7. The molecule has 3 heteroatoms. The number of hydrogen-bond donors (Lipinski definition) is 0. The van der Waals surface area contributed by atoms with Crippen LogP contribution < -0.4 is 4.90 Å². The zero-order chi connectivity index (χ0) is 40.7. The highest BCUT2D eigenvalue weighted by Crippen LogP contribution is 2.48. The van der Waals surface area contributed by atoms with E-state index in [2.05, 4.69) is 187 Å². The van der Waals surface area contributed by atoms with Gasteiger partial charge in [-0.2, -0.15) is 0 Å². The zero-order valence-corrected chi connectivity index (χ0v) is 33.2. The van der Waals surface area contributed by atoms with Gasteiger partial charge in [-0.1, -0.05) is 188 Å². The Morgan fingerprint density at radius 1 is 0.344 bits per heavy atom. The van der Waals surface area contributed by atoms with Crippen molar-refractivity contribution >= 4 is 49.8 Å². The summed E-state index contributed by atoms with van der Waals surface area (Å²) in [5.41, 5.74) is 14.9. The Balaban J connectivity index is 1.12. The maximum absolute atomic E-state index is 15.6. The molecule has 0 unspecified atom stereocenters. The molecule has 0 spiro atoms. The number of nitrogens with zero attached hydrogens (tertiary/aromatic N) is 1. The molecule has 0 N–H and O–H groups in total. The summed E-state index contributed by atoms with van der Waals surface area (Å²) in [6, 6.07) is 79.4. The van der Waals surface area contributed by atoms with Crippen molar-refractivity contribution in [2.75, 3.05) is 4.90 Å². The Morgan fingerprint density at radius 2 is 0.902 bits per heavy atom. The first-order chi connectivity index (χ1) is 30.2. The number of halogens is 1. The predicted molar refractivity (Wildman–Crippen MR) is 253 cm³/mol. The van der Waals surface area contributed by atoms with Crippen LogP contribution in [0, 0.1) is 5.82 Å². The van der Waals surface area contributed by atoms with Gasteiger partial charge in [0.1, 0.15) is 11.4 Å². The lowest BCUT2D eigenvalue weighted by molar-refractivity contribution is 0.631. The minimum absolute atomic E-state index is 0.249. The molecular formula is C58H38FNO. The first-order valence-corrected chi connectivity index (χ1v) is 20.6. The van der Waals surface area contributed by atoms with Crippen molar-refractivity contribution in [3.8, 4) is 55.6 Å². The van der Waals surface area contributed by atoms with Gasteiger partial charge >= 0.3 is 0 Å². The normalized spacial score (nSPS) is 11.4. The van der Waals surface area contributed by atoms with Crippen molar-refractivity contribution in [1.29, 1.82) is 0 Å². The third kappa shape index (κ3) is 6.44. The standard InChI is InChI=1S/C58H38FNO/c59-53-28-10-7-22-46(53)49-25-13-20-42-21-14-26-50(57(42)49)47-23-8-11-29-54(47)60(55-30-15-27-51-48-24-9-12-31-56(48)61-58(51)55)44-35-32-41(33-36-44)45-37-34-43(39-16-3-1-4-17-39)38-52(45)40-18-5-2-6-19-40/h1-38H. The van der Waals surface area contributed by atoms with Gasteiger partial charge in [0, 0.05) is 27.6 Å². The minimum Gasteiger partial charge on any atom is -0.454 e. The topological polar surface area (TPSA) is 16.4 Å². The maximum atomic E-state index is 15.6. The number of rotatable bonds is 8. The number of hydrogen-bond acceptors (Lipinski definition) is 2. The molecule has 0 radical (unpaired) electrons. The highest BCUT2D eigenvalue weighted by molar-refractivity contribution is 6.12. The van der Waals surface area contributed by atoms with Crippen molar-refractivity contribution in [3.05, 3.63) is 236 Å². The number of benzene rings is 10. The number of fused-ring (bicyclic) bond motifs is 4. The second-order valence-corrected chi connectivity index (χ2v) is 15.3. The number of para-hydroxylation sites is 3. The quantitative estimate of drug-likeness (QED) is 0.153. The number of anilines is 3. The maximum Gasteiger partial charge on any atom is 0.159 e. The molecule has 61 heavy (non-hydrogen) atoms.